The topological polar surface area (TPSA) is 58.6 Å². The Hall–Kier alpha value is -1.07. The van der Waals surface area contributed by atoms with Crippen LogP contribution in [-0.2, 0) is 4.74 Å². The number of hydrogen-bond acceptors (Lipinski definition) is 4. The normalized spacial score (nSPS) is 14.9. The Bertz CT molecular complexity index is 370. The van der Waals surface area contributed by atoms with E-state index in [-0.39, 0.29) is 6.04 Å². The fraction of sp³-hybridized carbons (Fsp3) is 0.615. The van der Waals surface area contributed by atoms with E-state index in [1.807, 2.05) is 45.2 Å². The molecule has 1 aromatic heterocycles. The minimum absolute atomic E-state index is 0.142. The van der Waals surface area contributed by atoms with Crippen molar-refractivity contribution in [1.82, 2.24) is 5.32 Å². The molecule has 2 unspecified atom stereocenters. The first kappa shape index (κ1) is 15.0. The summed E-state index contributed by atoms with van der Waals surface area (Å²) < 4.78 is 5.15. The van der Waals surface area contributed by atoms with E-state index in [0.29, 0.717) is 6.42 Å². The lowest BCUT2D eigenvalue weighted by Gasteiger charge is -2.22. The number of ether oxygens (including phenoxy) is 1. The SMILES string of the molecule is CC(CC(O)c1cccs1)NC(=O)OC(C)(C)C. The van der Waals surface area contributed by atoms with Crippen LogP contribution in [0.15, 0.2) is 17.5 Å². The Morgan fingerprint density at radius 3 is 2.72 bits per heavy atom. The van der Waals surface area contributed by atoms with Crippen molar-refractivity contribution in [1.29, 1.82) is 0 Å². The Balaban J connectivity index is 2.37. The maximum atomic E-state index is 11.5. The summed E-state index contributed by atoms with van der Waals surface area (Å²) in [5, 5.41) is 14.6. The lowest BCUT2D eigenvalue weighted by Crippen LogP contribution is -2.38. The molecule has 0 aliphatic carbocycles. The van der Waals surface area contributed by atoms with Gasteiger partial charge in [0.05, 0.1) is 6.10 Å². The molecule has 0 saturated carbocycles. The number of rotatable bonds is 4. The van der Waals surface area contributed by atoms with Crippen LogP contribution in [0.1, 0.15) is 45.1 Å². The number of aliphatic hydroxyl groups excluding tert-OH is 1. The summed E-state index contributed by atoms with van der Waals surface area (Å²) in [5.74, 6) is 0. The maximum absolute atomic E-state index is 11.5. The van der Waals surface area contributed by atoms with Crippen LogP contribution in [0.5, 0.6) is 0 Å². The highest BCUT2D eigenvalue weighted by molar-refractivity contribution is 7.10. The van der Waals surface area contributed by atoms with Gasteiger partial charge in [-0.25, -0.2) is 4.79 Å². The smallest absolute Gasteiger partial charge is 0.407 e. The first-order valence-electron chi connectivity index (χ1n) is 5.99. The van der Waals surface area contributed by atoms with Gasteiger partial charge in [-0.2, -0.15) is 0 Å². The second-order valence-electron chi connectivity index (χ2n) is 5.31. The summed E-state index contributed by atoms with van der Waals surface area (Å²) in [6, 6.07) is 3.64. The number of nitrogens with one attached hydrogen (secondary N) is 1. The molecule has 2 atom stereocenters. The lowest BCUT2D eigenvalue weighted by atomic mass is 10.1. The van der Waals surface area contributed by atoms with Crippen LogP contribution in [-0.4, -0.2) is 22.8 Å². The van der Waals surface area contributed by atoms with Crippen LogP contribution in [0.2, 0.25) is 0 Å². The summed E-state index contributed by atoms with van der Waals surface area (Å²) in [4.78, 5) is 12.4. The van der Waals surface area contributed by atoms with Crippen LogP contribution in [0.25, 0.3) is 0 Å². The number of alkyl carbamates (subject to hydrolysis) is 1. The van der Waals surface area contributed by atoms with Crippen molar-refractivity contribution in [2.24, 2.45) is 0 Å². The molecule has 1 amide bonds. The predicted octanol–water partition coefficient (Wildman–Crippen LogP) is 3.08. The van der Waals surface area contributed by atoms with Crippen LogP contribution >= 0.6 is 11.3 Å². The average molecular weight is 271 g/mol. The molecular formula is C13H21NO3S. The molecule has 0 aliphatic rings. The molecule has 2 N–H and O–H groups in total. The molecule has 0 aromatic carbocycles. The number of hydrogen-bond donors (Lipinski definition) is 2. The summed E-state index contributed by atoms with van der Waals surface area (Å²) in [7, 11) is 0. The monoisotopic (exact) mass is 271 g/mol. The lowest BCUT2D eigenvalue weighted by molar-refractivity contribution is 0.0490. The molecular weight excluding hydrogens is 250 g/mol. The van der Waals surface area contributed by atoms with Gasteiger partial charge in [0.1, 0.15) is 5.60 Å². The van der Waals surface area contributed by atoms with E-state index in [1.165, 1.54) is 11.3 Å². The van der Waals surface area contributed by atoms with Crippen molar-refractivity contribution >= 4 is 17.4 Å². The Kier molecular flexibility index (Phi) is 5.16. The van der Waals surface area contributed by atoms with Gasteiger partial charge in [0.2, 0.25) is 0 Å². The second kappa shape index (κ2) is 6.20. The van der Waals surface area contributed by atoms with Gasteiger partial charge in [0.25, 0.3) is 0 Å². The first-order valence-corrected chi connectivity index (χ1v) is 6.87. The van der Waals surface area contributed by atoms with Crippen molar-refractivity contribution in [3.05, 3.63) is 22.4 Å². The molecule has 4 nitrogen and oxygen atoms in total. The molecule has 0 fully saturated rings. The molecule has 0 saturated heterocycles. The molecule has 5 heteroatoms. The highest BCUT2D eigenvalue weighted by Gasteiger charge is 2.19. The van der Waals surface area contributed by atoms with Crippen molar-refractivity contribution in [2.45, 2.75) is 51.9 Å². The number of carbonyl (C=O) groups excluding carboxylic acids is 1. The third kappa shape index (κ3) is 5.51. The molecule has 0 radical (unpaired) electrons. The molecule has 0 bridgehead atoms. The number of aliphatic hydroxyl groups is 1. The van der Waals surface area contributed by atoms with Crippen molar-refractivity contribution in [3.63, 3.8) is 0 Å². The largest absolute Gasteiger partial charge is 0.444 e. The summed E-state index contributed by atoms with van der Waals surface area (Å²) in [6.07, 6.45) is -0.525. The van der Waals surface area contributed by atoms with Crippen LogP contribution < -0.4 is 5.32 Å². The average Bonchev–Trinajstić information content (AvgIpc) is 2.65. The van der Waals surface area contributed by atoms with Gasteiger partial charge in [-0.1, -0.05) is 6.07 Å². The van der Waals surface area contributed by atoms with E-state index in [2.05, 4.69) is 5.32 Å². The number of thiophene rings is 1. The van der Waals surface area contributed by atoms with E-state index in [0.717, 1.165) is 4.88 Å². The van der Waals surface area contributed by atoms with Crippen molar-refractivity contribution < 1.29 is 14.6 Å². The highest BCUT2D eigenvalue weighted by atomic mass is 32.1. The highest BCUT2D eigenvalue weighted by Crippen LogP contribution is 2.22. The maximum Gasteiger partial charge on any atom is 0.407 e. The number of carbonyl (C=O) groups is 1. The molecule has 1 rings (SSSR count). The third-order valence-corrected chi connectivity index (χ3v) is 3.19. The predicted molar refractivity (Wildman–Crippen MR) is 72.7 cm³/mol. The van der Waals surface area contributed by atoms with Gasteiger partial charge in [0, 0.05) is 10.9 Å². The summed E-state index contributed by atoms with van der Waals surface area (Å²) in [5.41, 5.74) is -0.504. The standard InChI is InChI=1S/C13H21NO3S/c1-9(14-12(16)17-13(2,3)4)8-10(15)11-6-5-7-18-11/h5-7,9-10,15H,8H2,1-4H3,(H,14,16). The fourth-order valence-electron chi connectivity index (χ4n) is 1.50. The summed E-state index contributed by atoms with van der Waals surface area (Å²) >= 11 is 1.51. The first-order chi connectivity index (χ1) is 8.28. The molecule has 0 spiro atoms. The Morgan fingerprint density at radius 1 is 1.56 bits per heavy atom. The van der Waals surface area contributed by atoms with Gasteiger partial charge < -0.3 is 15.2 Å². The molecule has 102 valence electrons. The molecule has 1 aromatic rings. The minimum Gasteiger partial charge on any atom is -0.444 e. The number of amides is 1. The van der Waals surface area contributed by atoms with Gasteiger partial charge in [-0.05, 0) is 45.6 Å². The minimum atomic E-state index is -0.546. The molecule has 1 heterocycles. The van der Waals surface area contributed by atoms with Gasteiger partial charge in [-0.15, -0.1) is 11.3 Å². The zero-order valence-corrected chi connectivity index (χ0v) is 12.1. The van der Waals surface area contributed by atoms with Gasteiger partial charge >= 0.3 is 6.09 Å². The molecule has 0 aliphatic heterocycles. The van der Waals surface area contributed by atoms with Gasteiger partial charge in [-0.3, -0.25) is 0 Å². The zero-order valence-electron chi connectivity index (χ0n) is 11.3. The quantitative estimate of drug-likeness (QED) is 0.884. The van der Waals surface area contributed by atoms with Crippen LogP contribution in [0, 0.1) is 0 Å². The van der Waals surface area contributed by atoms with Crippen molar-refractivity contribution in [3.8, 4) is 0 Å². The Morgan fingerprint density at radius 2 is 2.22 bits per heavy atom. The Labute approximate surface area is 112 Å². The fourth-order valence-corrected chi connectivity index (χ4v) is 2.22. The second-order valence-corrected chi connectivity index (χ2v) is 6.29. The molecule has 18 heavy (non-hydrogen) atoms. The van der Waals surface area contributed by atoms with E-state index < -0.39 is 17.8 Å². The van der Waals surface area contributed by atoms with Gasteiger partial charge in [0.15, 0.2) is 0 Å². The van der Waals surface area contributed by atoms with E-state index in [9.17, 15) is 9.90 Å². The third-order valence-electron chi connectivity index (χ3n) is 2.21. The van der Waals surface area contributed by atoms with E-state index in [4.69, 9.17) is 4.74 Å². The van der Waals surface area contributed by atoms with E-state index in [1.54, 1.807) is 0 Å². The van der Waals surface area contributed by atoms with Crippen LogP contribution in [0.4, 0.5) is 4.79 Å². The van der Waals surface area contributed by atoms with E-state index >= 15 is 0 Å². The van der Waals surface area contributed by atoms with Crippen LogP contribution in [0.3, 0.4) is 0 Å². The summed E-state index contributed by atoms with van der Waals surface area (Å²) in [6.45, 7) is 7.30. The zero-order chi connectivity index (χ0) is 13.8. The van der Waals surface area contributed by atoms with Crippen molar-refractivity contribution in [2.75, 3.05) is 0 Å².